The quantitative estimate of drug-likeness (QED) is 0.220. The van der Waals surface area contributed by atoms with Gasteiger partial charge in [0.25, 0.3) is 5.91 Å². The number of aromatic nitrogens is 1. The number of alkyl halides is 3. The fourth-order valence-electron chi connectivity index (χ4n) is 3.78. The number of hydrogen-bond donors (Lipinski definition) is 2. The van der Waals surface area contributed by atoms with E-state index in [0.717, 1.165) is 0 Å². The Morgan fingerprint density at radius 3 is 2.18 bits per heavy atom. The molecule has 0 aromatic carbocycles. The molecule has 3 N–H and O–H groups in total. The van der Waals surface area contributed by atoms with Gasteiger partial charge in [0.05, 0.1) is 21.5 Å². The van der Waals surface area contributed by atoms with E-state index in [9.17, 15) is 27.9 Å². The standard InChI is InChI=1S/C26H35Cl2F3N4O3/c1-7-17(24(37)38)9-8-16(3)34-22(26(29,30)31)18(10-32)23(36)35(14-25(4,5)6)13-15(2)21-19(27)11-33-12-20(21)28/h10-12,16-17H,2,7-9,13-14,32H2,1,3-6H3,(H,37,38)/t16?,17-/m0/s1. The topological polar surface area (TPSA) is 109 Å². The summed E-state index contributed by atoms with van der Waals surface area (Å²) in [6.07, 6.45) is -1.15. The molecule has 1 aromatic heterocycles. The zero-order valence-electron chi connectivity index (χ0n) is 22.2. The molecule has 1 amide bonds. The van der Waals surface area contributed by atoms with Crippen LogP contribution in [0, 0.1) is 11.3 Å². The average molecular weight is 579 g/mol. The van der Waals surface area contributed by atoms with Crippen LogP contribution in [0.2, 0.25) is 10.0 Å². The summed E-state index contributed by atoms with van der Waals surface area (Å²) in [5.41, 5.74) is 3.46. The molecule has 38 heavy (non-hydrogen) atoms. The molecule has 1 heterocycles. The van der Waals surface area contributed by atoms with Crippen molar-refractivity contribution in [3.05, 3.63) is 46.4 Å². The van der Waals surface area contributed by atoms with Crippen LogP contribution in [-0.2, 0) is 9.59 Å². The SMILES string of the molecule is C=C(CN(CC(C)(C)C)C(=O)C(=CN)C(=NC(C)CC[C@H](CC)C(=O)O)C(F)(F)F)c1c(Cl)cncc1Cl. The molecule has 0 saturated carbocycles. The van der Waals surface area contributed by atoms with E-state index in [2.05, 4.69) is 16.6 Å². The Balaban J connectivity index is 3.41. The molecule has 0 aliphatic heterocycles. The normalized spacial score (nSPS) is 14.7. The second kappa shape index (κ2) is 14.0. The van der Waals surface area contributed by atoms with Gasteiger partial charge >= 0.3 is 12.1 Å². The van der Waals surface area contributed by atoms with Gasteiger partial charge in [-0.2, -0.15) is 13.2 Å². The maximum atomic E-state index is 14.2. The van der Waals surface area contributed by atoms with Crippen LogP contribution in [0.5, 0.6) is 0 Å². The monoisotopic (exact) mass is 578 g/mol. The smallest absolute Gasteiger partial charge is 0.433 e. The van der Waals surface area contributed by atoms with Gasteiger partial charge in [-0.15, -0.1) is 0 Å². The van der Waals surface area contributed by atoms with Crippen molar-refractivity contribution in [3.63, 3.8) is 0 Å². The van der Waals surface area contributed by atoms with Gasteiger partial charge in [0.1, 0.15) is 0 Å². The van der Waals surface area contributed by atoms with Gasteiger partial charge in [0.15, 0.2) is 5.71 Å². The number of nitrogens with two attached hydrogens (primary N) is 1. The van der Waals surface area contributed by atoms with Gasteiger partial charge in [-0.05, 0) is 37.2 Å². The third-order valence-corrected chi connectivity index (χ3v) is 6.16. The lowest BCUT2D eigenvalue weighted by Gasteiger charge is -2.32. The molecule has 7 nitrogen and oxygen atoms in total. The minimum Gasteiger partial charge on any atom is -0.481 e. The summed E-state index contributed by atoms with van der Waals surface area (Å²) in [7, 11) is 0. The highest BCUT2D eigenvalue weighted by molar-refractivity contribution is 6.37. The highest BCUT2D eigenvalue weighted by Crippen LogP contribution is 2.32. The lowest BCUT2D eigenvalue weighted by molar-refractivity contribution is -0.142. The summed E-state index contributed by atoms with van der Waals surface area (Å²) in [6, 6.07) is -0.914. The van der Waals surface area contributed by atoms with Crippen molar-refractivity contribution < 1.29 is 27.9 Å². The van der Waals surface area contributed by atoms with Crippen LogP contribution in [0.15, 0.2) is 35.7 Å². The summed E-state index contributed by atoms with van der Waals surface area (Å²) in [6.45, 7) is 12.4. The molecule has 1 rings (SSSR count). The van der Waals surface area contributed by atoms with Crippen LogP contribution < -0.4 is 5.73 Å². The Hall–Kier alpha value is -2.59. The minimum absolute atomic E-state index is 0.0556. The molecule has 0 bridgehead atoms. The Morgan fingerprint density at radius 2 is 1.76 bits per heavy atom. The van der Waals surface area contributed by atoms with E-state index < -0.39 is 46.7 Å². The second-order valence-electron chi connectivity index (χ2n) is 10.2. The van der Waals surface area contributed by atoms with E-state index >= 15 is 0 Å². The van der Waals surface area contributed by atoms with Crippen molar-refractivity contribution >= 4 is 46.4 Å². The minimum atomic E-state index is -4.99. The number of pyridine rings is 1. The molecule has 1 unspecified atom stereocenters. The van der Waals surface area contributed by atoms with Gasteiger partial charge in [-0.25, -0.2) is 0 Å². The molecule has 0 aliphatic rings. The predicted octanol–water partition coefficient (Wildman–Crippen LogP) is 6.40. The van der Waals surface area contributed by atoms with E-state index in [0.29, 0.717) is 23.8 Å². The van der Waals surface area contributed by atoms with E-state index in [4.69, 9.17) is 28.9 Å². The molecule has 0 radical (unpaired) electrons. The molecule has 0 saturated heterocycles. The first-order valence-corrected chi connectivity index (χ1v) is 12.7. The number of carbonyl (C=O) groups excluding carboxylic acids is 1. The van der Waals surface area contributed by atoms with Gasteiger partial charge in [-0.3, -0.25) is 19.6 Å². The Kier molecular flexibility index (Phi) is 12.3. The fraction of sp³-hybridized carbons (Fsp3) is 0.538. The van der Waals surface area contributed by atoms with Gasteiger partial charge in [0.2, 0.25) is 0 Å². The Bertz CT molecular complexity index is 1060. The molecule has 0 fully saturated rings. The second-order valence-corrected chi connectivity index (χ2v) is 11.0. The lowest BCUT2D eigenvalue weighted by atomic mass is 9.94. The third-order valence-electron chi connectivity index (χ3n) is 5.59. The van der Waals surface area contributed by atoms with E-state index in [-0.39, 0.29) is 36.0 Å². The molecule has 0 spiro atoms. The average Bonchev–Trinajstić information content (AvgIpc) is 2.76. The number of hydrogen-bond acceptors (Lipinski definition) is 5. The van der Waals surface area contributed by atoms with Gasteiger partial charge < -0.3 is 15.7 Å². The Labute approximate surface area is 231 Å². The zero-order chi connectivity index (χ0) is 29.4. The lowest BCUT2D eigenvalue weighted by Crippen LogP contribution is -2.43. The van der Waals surface area contributed by atoms with Crippen molar-refractivity contribution in [2.45, 2.75) is 66.1 Å². The van der Waals surface area contributed by atoms with Crippen molar-refractivity contribution in [1.29, 1.82) is 0 Å². The first-order valence-electron chi connectivity index (χ1n) is 12.0. The van der Waals surface area contributed by atoms with Crippen molar-refractivity contribution in [1.82, 2.24) is 9.88 Å². The first kappa shape index (κ1) is 33.4. The molecule has 2 atom stereocenters. The van der Waals surface area contributed by atoms with E-state index in [1.807, 2.05) is 20.8 Å². The summed E-state index contributed by atoms with van der Waals surface area (Å²) >= 11 is 12.4. The number of carboxylic acids is 1. The highest BCUT2D eigenvalue weighted by atomic mass is 35.5. The maximum absolute atomic E-state index is 14.2. The third kappa shape index (κ3) is 9.94. The molecule has 1 aromatic rings. The van der Waals surface area contributed by atoms with Crippen LogP contribution in [0.3, 0.4) is 0 Å². The van der Waals surface area contributed by atoms with Crippen LogP contribution in [0.25, 0.3) is 5.57 Å². The number of rotatable bonds is 12. The van der Waals surface area contributed by atoms with Crippen molar-refractivity contribution in [2.24, 2.45) is 22.1 Å². The summed E-state index contributed by atoms with van der Waals surface area (Å²) in [5, 5.41) is 9.58. The number of aliphatic carboxylic acids is 1. The summed E-state index contributed by atoms with van der Waals surface area (Å²) in [5.74, 6) is -2.72. The summed E-state index contributed by atoms with van der Waals surface area (Å²) in [4.78, 5) is 33.7. The number of aliphatic imine (C=N–C) groups is 1. The maximum Gasteiger partial charge on any atom is 0.433 e. The molecule has 212 valence electrons. The number of amides is 1. The fourth-order valence-corrected chi connectivity index (χ4v) is 4.41. The molecular weight excluding hydrogens is 544 g/mol. The predicted molar refractivity (Wildman–Crippen MR) is 145 cm³/mol. The number of carboxylic acid groups (broad SMARTS) is 1. The highest BCUT2D eigenvalue weighted by Gasteiger charge is 2.42. The van der Waals surface area contributed by atoms with E-state index in [1.165, 1.54) is 24.2 Å². The first-order chi connectivity index (χ1) is 17.4. The summed E-state index contributed by atoms with van der Waals surface area (Å²) < 4.78 is 42.5. The van der Waals surface area contributed by atoms with E-state index in [1.54, 1.807) is 6.92 Å². The van der Waals surface area contributed by atoms with Gasteiger partial charge in [-0.1, -0.05) is 57.5 Å². The van der Waals surface area contributed by atoms with Crippen LogP contribution in [0.1, 0.15) is 59.4 Å². The van der Waals surface area contributed by atoms with Crippen molar-refractivity contribution in [3.8, 4) is 0 Å². The number of halogens is 5. The van der Waals surface area contributed by atoms with Crippen molar-refractivity contribution in [2.75, 3.05) is 13.1 Å². The van der Waals surface area contributed by atoms with Crippen LogP contribution in [-0.4, -0.2) is 57.9 Å². The molecular formula is C26H35Cl2F3N4O3. The largest absolute Gasteiger partial charge is 0.481 e. The molecule has 0 aliphatic carbocycles. The number of nitrogens with zero attached hydrogens (tertiary/aromatic N) is 3. The van der Waals surface area contributed by atoms with Crippen LogP contribution >= 0.6 is 23.2 Å². The Morgan fingerprint density at radius 1 is 1.21 bits per heavy atom. The zero-order valence-corrected chi connectivity index (χ0v) is 23.7. The van der Waals surface area contributed by atoms with Gasteiger partial charge in [0, 0.05) is 43.3 Å². The van der Waals surface area contributed by atoms with Crippen LogP contribution in [0.4, 0.5) is 13.2 Å². The molecule has 12 heteroatoms. The number of carbonyl (C=O) groups is 2.